The van der Waals surface area contributed by atoms with E-state index in [4.69, 9.17) is 4.74 Å². The monoisotopic (exact) mass is 373 g/mol. The highest BCUT2D eigenvalue weighted by Gasteiger charge is 2.14. The lowest BCUT2D eigenvalue weighted by Gasteiger charge is -2.13. The molecule has 0 spiro atoms. The summed E-state index contributed by atoms with van der Waals surface area (Å²) in [5, 5.41) is 19.2. The van der Waals surface area contributed by atoms with Gasteiger partial charge in [-0.05, 0) is 50.2 Å². The summed E-state index contributed by atoms with van der Waals surface area (Å²) in [6.45, 7) is 4.05. The average molecular weight is 373 g/mol. The molecule has 2 aromatic carbocycles. The lowest BCUT2D eigenvalue weighted by atomic mass is 10.2. The van der Waals surface area contributed by atoms with Crippen molar-refractivity contribution >= 4 is 11.8 Å². The molecule has 0 radical (unpaired) electrons. The second-order valence-corrected chi connectivity index (χ2v) is 6.92. The number of thioether (sulfide) groups is 1. The van der Waals surface area contributed by atoms with Crippen molar-refractivity contribution in [3.8, 4) is 11.4 Å². The standard InChI is InChI=1S/C19H20FN3O2S/c1-13-3-7-16(8-4-13)23-14(2)21-22-19(23)26-12-17(24)11-25-18-9-5-15(20)6-10-18/h3-10,17,24H,11-12H2,1-2H3/t17-/m1/s1. The highest BCUT2D eigenvalue weighted by molar-refractivity contribution is 7.99. The third-order valence-corrected chi connectivity index (χ3v) is 4.82. The van der Waals surface area contributed by atoms with Crippen LogP contribution >= 0.6 is 11.8 Å². The Kier molecular flexibility index (Phi) is 5.90. The molecule has 0 aliphatic heterocycles. The SMILES string of the molecule is Cc1ccc(-n2c(C)nnc2SC[C@H](O)COc2ccc(F)cc2)cc1. The third kappa shape index (κ3) is 4.62. The summed E-state index contributed by atoms with van der Waals surface area (Å²) in [5.74, 6) is 1.40. The first-order chi connectivity index (χ1) is 12.5. The highest BCUT2D eigenvalue weighted by atomic mass is 32.2. The van der Waals surface area contributed by atoms with Crippen LogP contribution in [0.25, 0.3) is 5.69 Å². The predicted molar refractivity (Wildman–Crippen MR) is 99.5 cm³/mol. The fraction of sp³-hybridized carbons (Fsp3) is 0.263. The summed E-state index contributed by atoms with van der Waals surface area (Å²) in [7, 11) is 0. The molecule has 3 rings (SSSR count). The van der Waals surface area contributed by atoms with Crippen LogP contribution in [-0.2, 0) is 0 Å². The van der Waals surface area contributed by atoms with Crippen LogP contribution in [0.15, 0.2) is 53.7 Å². The Morgan fingerprint density at radius 3 is 2.46 bits per heavy atom. The van der Waals surface area contributed by atoms with Gasteiger partial charge in [-0.3, -0.25) is 4.57 Å². The predicted octanol–water partition coefficient (Wildman–Crippen LogP) is 3.56. The minimum atomic E-state index is -0.687. The largest absolute Gasteiger partial charge is 0.491 e. The minimum absolute atomic E-state index is 0.121. The average Bonchev–Trinajstić information content (AvgIpc) is 3.01. The van der Waals surface area contributed by atoms with Crippen LogP contribution in [0.3, 0.4) is 0 Å². The van der Waals surface area contributed by atoms with E-state index >= 15 is 0 Å². The van der Waals surface area contributed by atoms with Crippen LogP contribution < -0.4 is 4.74 Å². The number of nitrogens with zero attached hydrogens (tertiary/aromatic N) is 3. The molecule has 0 bridgehead atoms. The normalized spacial score (nSPS) is 12.2. The zero-order valence-electron chi connectivity index (χ0n) is 14.6. The molecule has 7 heteroatoms. The van der Waals surface area contributed by atoms with Gasteiger partial charge in [0, 0.05) is 11.4 Å². The Morgan fingerprint density at radius 2 is 1.77 bits per heavy atom. The van der Waals surface area contributed by atoms with Crippen molar-refractivity contribution in [3.63, 3.8) is 0 Å². The Labute approximate surface area is 155 Å². The van der Waals surface area contributed by atoms with Crippen molar-refractivity contribution in [1.29, 1.82) is 0 Å². The summed E-state index contributed by atoms with van der Waals surface area (Å²) >= 11 is 1.41. The summed E-state index contributed by atoms with van der Waals surface area (Å²) in [5.41, 5.74) is 2.17. The number of benzene rings is 2. The second-order valence-electron chi connectivity index (χ2n) is 5.93. The van der Waals surface area contributed by atoms with Crippen molar-refractivity contribution in [3.05, 3.63) is 65.7 Å². The van der Waals surface area contributed by atoms with Gasteiger partial charge >= 0.3 is 0 Å². The van der Waals surface area contributed by atoms with E-state index in [9.17, 15) is 9.50 Å². The van der Waals surface area contributed by atoms with Crippen molar-refractivity contribution in [1.82, 2.24) is 14.8 Å². The first-order valence-corrected chi connectivity index (χ1v) is 9.20. The van der Waals surface area contributed by atoms with E-state index in [0.29, 0.717) is 16.7 Å². The fourth-order valence-corrected chi connectivity index (χ4v) is 3.27. The molecule has 3 aromatic rings. The van der Waals surface area contributed by atoms with E-state index in [-0.39, 0.29) is 12.4 Å². The van der Waals surface area contributed by atoms with E-state index in [1.54, 1.807) is 0 Å². The van der Waals surface area contributed by atoms with Crippen LogP contribution in [0, 0.1) is 19.7 Å². The summed E-state index contributed by atoms with van der Waals surface area (Å²) in [4.78, 5) is 0. The van der Waals surface area contributed by atoms with E-state index in [1.807, 2.05) is 42.7 Å². The summed E-state index contributed by atoms with van der Waals surface area (Å²) in [6, 6.07) is 13.8. The minimum Gasteiger partial charge on any atom is -0.491 e. The maximum atomic E-state index is 12.9. The first kappa shape index (κ1) is 18.4. The number of aromatic nitrogens is 3. The van der Waals surface area contributed by atoms with E-state index < -0.39 is 6.10 Å². The number of aliphatic hydroxyl groups excluding tert-OH is 1. The maximum Gasteiger partial charge on any atom is 0.195 e. The summed E-state index contributed by atoms with van der Waals surface area (Å²) in [6.07, 6.45) is -0.687. The van der Waals surface area contributed by atoms with Crippen molar-refractivity contribution in [2.45, 2.75) is 25.1 Å². The number of rotatable bonds is 7. The molecule has 0 amide bonds. The molecule has 1 atom stereocenters. The molecule has 0 saturated carbocycles. The molecule has 0 fully saturated rings. The van der Waals surface area contributed by atoms with E-state index in [1.165, 1.54) is 41.6 Å². The van der Waals surface area contributed by atoms with Crippen molar-refractivity contribution in [2.75, 3.05) is 12.4 Å². The first-order valence-electron chi connectivity index (χ1n) is 8.21. The molecule has 26 heavy (non-hydrogen) atoms. The van der Waals surface area contributed by atoms with Gasteiger partial charge in [0.15, 0.2) is 5.16 Å². The van der Waals surface area contributed by atoms with Crippen LogP contribution in [0.2, 0.25) is 0 Å². The van der Waals surface area contributed by atoms with Gasteiger partial charge in [0.25, 0.3) is 0 Å². The van der Waals surface area contributed by atoms with Crippen molar-refractivity contribution < 1.29 is 14.2 Å². The molecule has 1 heterocycles. The number of hydrogen-bond acceptors (Lipinski definition) is 5. The quantitative estimate of drug-likeness (QED) is 0.642. The van der Waals surface area contributed by atoms with Gasteiger partial charge in [0.05, 0.1) is 6.10 Å². The second kappa shape index (κ2) is 8.33. The highest BCUT2D eigenvalue weighted by Crippen LogP contribution is 2.23. The number of aryl methyl sites for hydroxylation is 2. The van der Waals surface area contributed by atoms with Crippen molar-refractivity contribution in [2.24, 2.45) is 0 Å². The maximum absolute atomic E-state index is 12.9. The van der Waals surface area contributed by atoms with Crippen LogP contribution in [0.4, 0.5) is 4.39 Å². The van der Waals surface area contributed by atoms with E-state index in [0.717, 1.165) is 11.5 Å². The molecule has 136 valence electrons. The lowest BCUT2D eigenvalue weighted by molar-refractivity contribution is 0.126. The molecule has 1 aromatic heterocycles. The van der Waals surface area contributed by atoms with Gasteiger partial charge in [-0.25, -0.2) is 4.39 Å². The number of ether oxygens (including phenoxy) is 1. The van der Waals surface area contributed by atoms with E-state index in [2.05, 4.69) is 10.2 Å². The Morgan fingerprint density at radius 1 is 1.08 bits per heavy atom. The number of hydrogen-bond donors (Lipinski definition) is 1. The van der Waals surface area contributed by atoms with Gasteiger partial charge in [0.2, 0.25) is 0 Å². The van der Waals surface area contributed by atoms with Crippen LogP contribution in [0.1, 0.15) is 11.4 Å². The molecule has 0 aliphatic rings. The zero-order chi connectivity index (χ0) is 18.5. The topological polar surface area (TPSA) is 60.2 Å². The Bertz CT molecular complexity index is 850. The van der Waals surface area contributed by atoms with Gasteiger partial charge in [-0.2, -0.15) is 0 Å². The molecular formula is C19H20FN3O2S. The molecular weight excluding hydrogens is 353 g/mol. The smallest absolute Gasteiger partial charge is 0.195 e. The number of halogens is 1. The summed E-state index contributed by atoms with van der Waals surface area (Å²) < 4.78 is 20.3. The Balaban J connectivity index is 1.59. The lowest BCUT2D eigenvalue weighted by Crippen LogP contribution is -2.20. The third-order valence-electron chi connectivity index (χ3n) is 3.75. The van der Waals surface area contributed by atoms with Crippen LogP contribution in [0.5, 0.6) is 5.75 Å². The Hall–Kier alpha value is -2.38. The molecule has 1 N–H and O–H groups in total. The molecule has 0 aliphatic carbocycles. The molecule has 0 saturated heterocycles. The van der Waals surface area contributed by atoms with Gasteiger partial charge in [0.1, 0.15) is 24.0 Å². The molecule has 0 unspecified atom stereocenters. The van der Waals surface area contributed by atoms with Gasteiger partial charge in [-0.15, -0.1) is 10.2 Å². The molecule has 5 nitrogen and oxygen atoms in total. The van der Waals surface area contributed by atoms with Crippen LogP contribution in [-0.4, -0.2) is 38.3 Å². The van der Waals surface area contributed by atoms with Gasteiger partial charge in [-0.1, -0.05) is 29.5 Å². The number of aliphatic hydroxyl groups is 1. The fourth-order valence-electron chi connectivity index (χ4n) is 2.37. The zero-order valence-corrected chi connectivity index (χ0v) is 15.4. The van der Waals surface area contributed by atoms with Gasteiger partial charge < -0.3 is 9.84 Å².